The summed E-state index contributed by atoms with van der Waals surface area (Å²) >= 11 is 0. The van der Waals surface area contributed by atoms with E-state index in [1.165, 1.54) is 0 Å². The van der Waals surface area contributed by atoms with Gasteiger partial charge in [0.1, 0.15) is 6.54 Å². The number of hydrogen-bond acceptors (Lipinski definition) is 4. The van der Waals surface area contributed by atoms with Crippen molar-refractivity contribution in [3.05, 3.63) is 0 Å². The van der Waals surface area contributed by atoms with Crippen LogP contribution in [0.3, 0.4) is 0 Å². The number of rotatable bonds is 6. The minimum atomic E-state index is -2.09. The molecule has 4 nitrogen and oxygen atoms in total. The zero-order chi connectivity index (χ0) is 19.4. The SMILES string of the molecule is CCCC(=NCC(=O)O[Si](C)(C)C(C)(C)C)O[Si](C)(C)C(C)(C)C. The summed E-state index contributed by atoms with van der Waals surface area (Å²) in [7, 11) is -4.01. The molecule has 0 saturated heterocycles. The quantitative estimate of drug-likeness (QED) is 0.338. The third-order valence-corrected chi connectivity index (χ3v) is 13.9. The summed E-state index contributed by atoms with van der Waals surface area (Å²) in [5.41, 5.74) is 0. The van der Waals surface area contributed by atoms with Crippen LogP contribution < -0.4 is 0 Å². The second-order valence-electron chi connectivity index (χ2n) is 9.56. The van der Waals surface area contributed by atoms with E-state index in [0.29, 0.717) is 5.90 Å². The normalized spacial score (nSPS) is 14.5. The molecule has 0 fully saturated rings. The molecule has 24 heavy (non-hydrogen) atoms. The van der Waals surface area contributed by atoms with Gasteiger partial charge >= 0.3 is 5.97 Å². The van der Waals surface area contributed by atoms with E-state index in [0.717, 1.165) is 12.8 Å². The standard InChI is InChI=1S/C18H39NO3Si2/c1-12-13-15(21-23(8,9)17(2,3)4)19-14-16(20)22-24(10,11)18(5,6)7/h12-14H2,1-11H3. The lowest BCUT2D eigenvalue weighted by molar-refractivity contribution is -0.133. The number of carbonyl (C=O) groups is 1. The lowest BCUT2D eigenvalue weighted by Gasteiger charge is -2.37. The van der Waals surface area contributed by atoms with E-state index in [4.69, 9.17) is 8.85 Å². The fraction of sp³-hybridized carbons (Fsp3) is 0.889. The first-order chi connectivity index (χ1) is 10.5. The van der Waals surface area contributed by atoms with Crippen LogP contribution in [-0.2, 0) is 13.6 Å². The summed E-state index contributed by atoms with van der Waals surface area (Å²) in [5.74, 6) is 0.463. The van der Waals surface area contributed by atoms with Gasteiger partial charge in [-0.1, -0.05) is 48.5 Å². The second kappa shape index (κ2) is 8.17. The van der Waals surface area contributed by atoms with Crippen LogP contribution in [-0.4, -0.2) is 35.0 Å². The van der Waals surface area contributed by atoms with E-state index in [1.54, 1.807) is 0 Å². The Morgan fingerprint density at radius 3 is 1.67 bits per heavy atom. The summed E-state index contributed by atoms with van der Waals surface area (Å²) in [4.78, 5) is 16.7. The van der Waals surface area contributed by atoms with E-state index in [1.807, 2.05) is 0 Å². The molecule has 0 aliphatic rings. The fourth-order valence-corrected chi connectivity index (χ4v) is 3.45. The Morgan fingerprint density at radius 2 is 1.29 bits per heavy atom. The third-order valence-electron chi connectivity index (χ3n) is 5.20. The predicted molar refractivity (Wildman–Crippen MR) is 109 cm³/mol. The molecule has 0 rings (SSSR count). The van der Waals surface area contributed by atoms with Gasteiger partial charge in [0.25, 0.3) is 16.6 Å². The van der Waals surface area contributed by atoms with E-state index >= 15 is 0 Å². The van der Waals surface area contributed by atoms with Crippen LogP contribution in [0.25, 0.3) is 0 Å². The van der Waals surface area contributed by atoms with Crippen LogP contribution in [0.5, 0.6) is 0 Å². The highest BCUT2D eigenvalue weighted by molar-refractivity contribution is 6.76. The highest BCUT2D eigenvalue weighted by Gasteiger charge is 2.41. The van der Waals surface area contributed by atoms with Gasteiger partial charge in [-0.15, -0.1) is 0 Å². The van der Waals surface area contributed by atoms with Gasteiger partial charge in [-0.2, -0.15) is 0 Å². The van der Waals surface area contributed by atoms with E-state index in [9.17, 15) is 4.79 Å². The molecule has 142 valence electrons. The van der Waals surface area contributed by atoms with Crippen molar-refractivity contribution in [1.29, 1.82) is 0 Å². The van der Waals surface area contributed by atoms with Crippen LogP contribution in [0, 0.1) is 0 Å². The van der Waals surface area contributed by atoms with Crippen LogP contribution in [0.1, 0.15) is 61.3 Å². The van der Waals surface area contributed by atoms with Gasteiger partial charge in [-0.25, -0.2) is 4.99 Å². The maximum absolute atomic E-state index is 12.2. The van der Waals surface area contributed by atoms with Gasteiger partial charge in [-0.05, 0) is 42.7 Å². The molecule has 0 saturated carbocycles. The topological polar surface area (TPSA) is 47.9 Å². The first-order valence-electron chi connectivity index (χ1n) is 8.97. The molecular weight excluding hydrogens is 334 g/mol. The highest BCUT2D eigenvalue weighted by Crippen LogP contribution is 2.37. The maximum atomic E-state index is 12.2. The monoisotopic (exact) mass is 373 g/mol. The molecule has 6 heteroatoms. The zero-order valence-electron chi connectivity index (χ0n) is 17.8. The van der Waals surface area contributed by atoms with Gasteiger partial charge in [0, 0.05) is 6.42 Å². The minimum absolute atomic E-state index is 0.0102. The van der Waals surface area contributed by atoms with Crippen molar-refractivity contribution in [3.63, 3.8) is 0 Å². The molecule has 0 radical (unpaired) electrons. The summed E-state index contributed by atoms with van der Waals surface area (Å²) in [6, 6.07) is 0. The number of aliphatic imine (C=N–C) groups is 1. The van der Waals surface area contributed by atoms with Crippen LogP contribution in [0.4, 0.5) is 0 Å². The molecule has 0 N–H and O–H groups in total. The lowest BCUT2D eigenvalue weighted by atomic mass is 10.2. The third kappa shape index (κ3) is 7.09. The first kappa shape index (κ1) is 23.4. The molecule has 0 aromatic carbocycles. The Morgan fingerprint density at radius 1 is 0.875 bits per heavy atom. The highest BCUT2D eigenvalue weighted by atomic mass is 28.4. The van der Waals surface area contributed by atoms with Crippen LogP contribution in [0.15, 0.2) is 4.99 Å². The summed E-state index contributed by atoms with van der Waals surface area (Å²) < 4.78 is 12.1. The van der Waals surface area contributed by atoms with E-state index in [-0.39, 0.29) is 22.6 Å². The Hall–Kier alpha value is -0.626. The van der Waals surface area contributed by atoms with Crippen LogP contribution in [0.2, 0.25) is 36.3 Å². The summed E-state index contributed by atoms with van der Waals surface area (Å²) in [6.45, 7) is 23.7. The van der Waals surface area contributed by atoms with Gasteiger partial charge in [0.05, 0.1) is 0 Å². The molecule has 0 aliphatic heterocycles. The number of hydrogen-bond donors (Lipinski definition) is 0. The van der Waals surface area contributed by atoms with Gasteiger partial charge in [0.2, 0.25) is 0 Å². The summed E-state index contributed by atoms with van der Waals surface area (Å²) in [5, 5.41) is 0.124. The molecule has 0 amide bonds. The van der Waals surface area contributed by atoms with Crippen molar-refractivity contribution in [2.24, 2.45) is 4.99 Å². The minimum Gasteiger partial charge on any atom is -0.534 e. The average molecular weight is 374 g/mol. The van der Waals surface area contributed by atoms with Crippen LogP contribution >= 0.6 is 0 Å². The Kier molecular flexibility index (Phi) is 7.96. The second-order valence-corrected chi connectivity index (χ2v) is 19.0. The molecule has 0 aliphatic carbocycles. The molecule has 0 heterocycles. The smallest absolute Gasteiger partial charge is 0.314 e. The Bertz CT molecular complexity index is 458. The molecule has 0 bridgehead atoms. The average Bonchev–Trinajstić information content (AvgIpc) is 2.32. The van der Waals surface area contributed by atoms with Gasteiger partial charge < -0.3 is 8.85 Å². The van der Waals surface area contributed by atoms with Gasteiger partial charge in [-0.3, -0.25) is 4.79 Å². The van der Waals surface area contributed by atoms with Gasteiger partial charge in [0.15, 0.2) is 5.90 Å². The zero-order valence-corrected chi connectivity index (χ0v) is 19.8. The van der Waals surface area contributed by atoms with Crippen molar-refractivity contribution >= 4 is 28.5 Å². The molecule has 0 spiro atoms. The van der Waals surface area contributed by atoms with Crippen molar-refractivity contribution in [1.82, 2.24) is 0 Å². The molecular formula is C18H39NO3Si2. The molecule has 0 aromatic rings. The number of nitrogens with zero attached hydrogens (tertiary/aromatic N) is 1. The van der Waals surface area contributed by atoms with Crippen molar-refractivity contribution < 1.29 is 13.6 Å². The first-order valence-corrected chi connectivity index (χ1v) is 14.8. The Labute approximate surface area is 151 Å². The predicted octanol–water partition coefficient (Wildman–Crippen LogP) is 5.76. The van der Waals surface area contributed by atoms with E-state index in [2.05, 4.69) is 79.6 Å². The maximum Gasteiger partial charge on any atom is 0.314 e. The largest absolute Gasteiger partial charge is 0.534 e. The van der Waals surface area contributed by atoms with Crippen molar-refractivity contribution in [2.75, 3.05) is 6.54 Å². The number of carbonyl (C=O) groups excluding carboxylic acids is 1. The van der Waals surface area contributed by atoms with Crippen molar-refractivity contribution in [3.8, 4) is 0 Å². The lowest BCUT2D eigenvalue weighted by Crippen LogP contribution is -2.44. The molecule has 0 unspecified atom stereocenters. The van der Waals surface area contributed by atoms with Crippen molar-refractivity contribution in [2.45, 2.75) is 97.6 Å². The molecule has 0 aromatic heterocycles. The van der Waals surface area contributed by atoms with E-state index < -0.39 is 16.6 Å². The summed E-state index contributed by atoms with van der Waals surface area (Å²) in [6.07, 6.45) is 1.71. The fourth-order valence-electron chi connectivity index (χ4n) is 1.45. The Balaban J connectivity index is 5.02. The molecule has 0 atom stereocenters.